The molecule has 0 spiro atoms. The molecule has 0 saturated heterocycles. The lowest BCUT2D eigenvalue weighted by Crippen LogP contribution is -2.27. The molecule has 0 radical (unpaired) electrons. The lowest BCUT2D eigenvalue weighted by atomic mass is 10.2. The second-order valence-electron chi connectivity index (χ2n) is 4.27. The van der Waals surface area contributed by atoms with E-state index in [9.17, 15) is 19.7 Å². The fourth-order valence-corrected chi connectivity index (χ4v) is 1.45. The normalized spacial score (nSPS) is 11.9. The Kier molecular flexibility index (Phi) is 4.80. The average Bonchev–Trinajstić information content (AvgIpc) is 2.31. The summed E-state index contributed by atoms with van der Waals surface area (Å²) in [6.07, 6.45) is 1.48. The summed E-state index contributed by atoms with van der Waals surface area (Å²) in [7, 11) is 0. The summed E-state index contributed by atoms with van der Waals surface area (Å²) >= 11 is 0. The number of ether oxygens (including phenoxy) is 1. The van der Waals surface area contributed by atoms with E-state index in [2.05, 4.69) is 0 Å². The lowest BCUT2D eigenvalue weighted by Gasteiger charge is -2.11. The summed E-state index contributed by atoms with van der Waals surface area (Å²) in [4.78, 5) is 33.4. The highest BCUT2D eigenvalue weighted by atomic mass is 16.6. The van der Waals surface area contributed by atoms with Crippen LogP contribution >= 0.6 is 0 Å². The zero-order valence-electron chi connectivity index (χ0n) is 11.1. The van der Waals surface area contributed by atoms with E-state index in [1.807, 2.05) is 6.92 Å². The minimum atomic E-state index is -0.592. The fraction of sp³-hybridized carbons (Fsp3) is 0.500. The molecule has 1 rings (SSSR count). The Balaban J connectivity index is 2.95. The van der Waals surface area contributed by atoms with Crippen LogP contribution in [0.1, 0.15) is 25.8 Å². The van der Waals surface area contributed by atoms with Crippen LogP contribution in [0.3, 0.4) is 0 Å². The van der Waals surface area contributed by atoms with E-state index in [-0.39, 0.29) is 23.9 Å². The van der Waals surface area contributed by atoms with E-state index < -0.39 is 16.5 Å². The molecule has 0 aliphatic heterocycles. The first-order valence-corrected chi connectivity index (χ1v) is 5.90. The lowest BCUT2D eigenvalue weighted by molar-refractivity contribution is -0.385. The Morgan fingerprint density at radius 1 is 1.58 bits per heavy atom. The molecule has 7 nitrogen and oxygen atoms in total. The molecule has 1 heterocycles. The van der Waals surface area contributed by atoms with Gasteiger partial charge in [0.25, 0.3) is 11.2 Å². The van der Waals surface area contributed by atoms with E-state index in [0.29, 0.717) is 6.42 Å². The molecule has 0 fully saturated rings. The SMILES string of the molecule is CCC(C)OC(=O)Cn1cc([N+](=O)[O-])c(C)cc1=O. The van der Waals surface area contributed by atoms with Gasteiger partial charge in [0.2, 0.25) is 0 Å². The van der Waals surface area contributed by atoms with Crippen LogP contribution < -0.4 is 5.56 Å². The van der Waals surface area contributed by atoms with Crippen LogP contribution in [0.25, 0.3) is 0 Å². The Bertz CT molecular complexity index is 550. The summed E-state index contributed by atoms with van der Waals surface area (Å²) in [6.45, 7) is 4.74. The van der Waals surface area contributed by atoms with E-state index in [1.165, 1.54) is 6.92 Å². The van der Waals surface area contributed by atoms with E-state index in [1.54, 1.807) is 6.92 Å². The van der Waals surface area contributed by atoms with Gasteiger partial charge in [-0.05, 0) is 20.3 Å². The van der Waals surface area contributed by atoms with Crippen molar-refractivity contribution in [3.63, 3.8) is 0 Å². The first kappa shape index (κ1) is 14.9. The third-order valence-corrected chi connectivity index (χ3v) is 2.71. The summed E-state index contributed by atoms with van der Waals surface area (Å²) in [6, 6.07) is 1.13. The molecule has 19 heavy (non-hydrogen) atoms. The van der Waals surface area contributed by atoms with Crippen LogP contribution in [0.2, 0.25) is 0 Å². The number of rotatable bonds is 5. The zero-order chi connectivity index (χ0) is 14.6. The van der Waals surface area contributed by atoms with Crippen molar-refractivity contribution in [3.8, 4) is 0 Å². The topological polar surface area (TPSA) is 91.4 Å². The van der Waals surface area contributed by atoms with Crippen molar-refractivity contribution in [1.29, 1.82) is 0 Å². The number of aromatic nitrogens is 1. The third kappa shape index (κ3) is 3.90. The van der Waals surface area contributed by atoms with Crippen molar-refractivity contribution < 1.29 is 14.5 Å². The molecule has 104 valence electrons. The number of aryl methyl sites for hydroxylation is 1. The minimum absolute atomic E-state index is 0.198. The molecule has 0 bridgehead atoms. The van der Waals surface area contributed by atoms with Crippen molar-refractivity contribution >= 4 is 11.7 Å². The predicted octanol–water partition coefficient (Wildman–Crippen LogP) is 1.41. The Morgan fingerprint density at radius 3 is 2.74 bits per heavy atom. The van der Waals surface area contributed by atoms with Gasteiger partial charge in [-0.3, -0.25) is 24.3 Å². The highest BCUT2D eigenvalue weighted by molar-refractivity contribution is 5.69. The highest BCUT2D eigenvalue weighted by Crippen LogP contribution is 2.14. The van der Waals surface area contributed by atoms with Gasteiger partial charge in [0.1, 0.15) is 6.54 Å². The smallest absolute Gasteiger partial charge is 0.326 e. The summed E-state index contributed by atoms with van der Waals surface area (Å²) in [5, 5.41) is 10.8. The first-order valence-electron chi connectivity index (χ1n) is 5.90. The predicted molar refractivity (Wildman–Crippen MR) is 67.9 cm³/mol. The quantitative estimate of drug-likeness (QED) is 0.457. The molecule has 0 aliphatic carbocycles. The van der Waals surface area contributed by atoms with Gasteiger partial charge < -0.3 is 4.74 Å². The van der Waals surface area contributed by atoms with E-state index in [4.69, 9.17) is 4.74 Å². The van der Waals surface area contributed by atoms with Crippen molar-refractivity contribution in [3.05, 3.63) is 38.3 Å². The average molecular weight is 268 g/mol. The number of pyridine rings is 1. The summed E-state index contributed by atoms with van der Waals surface area (Å²) in [5.74, 6) is -0.588. The van der Waals surface area contributed by atoms with Crippen LogP contribution in [0.15, 0.2) is 17.1 Å². The van der Waals surface area contributed by atoms with Crippen LogP contribution in [0.4, 0.5) is 5.69 Å². The Labute approximate surface area is 110 Å². The van der Waals surface area contributed by atoms with Crippen LogP contribution in [0, 0.1) is 17.0 Å². The van der Waals surface area contributed by atoms with Crippen molar-refractivity contribution in [2.45, 2.75) is 39.8 Å². The van der Waals surface area contributed by atoms with Crippen LogP contribution in [-0.2, 0) is 16.1 Å². The number of hydrogen-bond acceptors (Lipinski definition) is 5. The molecule has 1 unspecified atom stereocenters. The van der Waals surface area contributed by atoms with E-state index >= 15 is 0 Å². The third-order valence-electron chi connectivity index (χ3n) is 2.71. The molecule has 7 heteroatoms. The van der Waals surface area contributed by atoms with Gasteiger partial charge in [0, 0.05) is 11.6 Å². The number of nitro groups is 1. The Morgan fingerprint density at radius 2 is 2.21 bits per heavy atom. The van der Waals surface area contributed by atoms with Gasteiger partial charge in [0.15, 0.2) is 0 Å². The Hall–Kier alpha value is -2.18. The van der Waals surface area contributed by atoms with Gasteiger partial charge in [-0.1, -0.05) is 6.92 Å². The number of hydrogen-bond donors (Lipinski definition) is 0. The first-order chi connectivity index (χ1) is 8.85. The van der Waals surface area contributed by atoms with Crippen LogP contribution in [-0.4, -0.2) is 21.6 Å². The molecule has 1 atom stereocenters. The maximum Gasteiger partial charge on any atom is 0.326 e. The molecule has 0 N–H and O–H groups in total. The summed E-state index contributed by atoms with van der Waals surface area (Å²) < 4.78 is 6.00. The minimum Gasteiger partial charge on any atom is -0.461 e. The maximum absolute atomic E-state index is 11.6. The number of carbonyl (C=O) groups is 1. The molecule has 1 aromatic rings. The highest BCUT2D eigenvalue weighted by Gasteiger charge is 2.16. The van der Waals surface area contributed by atoms with Gasteiger partial charge in [0.05, 0.1) is 17.2 Å². The van der Waals surface area contributed by atoms with Gasteiger partial charge in [-0.25, -0.2) is 0 Å². The second-order valence-corrected chi connectivity index (χ2v) is 4.27. The van der Waals surface area contributed by atoms with Crippen LogP contribution in [0.5, 0.6) is 0 Å². The van der Waals surface area contributed by atoms with Gasteiger partial charge in [-0.2, -0.15) is 0 Å². The number of carbonyl (C=O) groups excluding carboxylic acids is 1. The van der Waals surface area contributed by atoms with Crippen molar-refractivity contribution in [2.75, 3.05) is 0 Å². The molecule has 0 aromatic carbocycles. The van der Waals surface area contributed by atoms with Crippen molar-refractivity contribution in [2.24, 2.45) is 0 Å². The monoisotopic (exact) mass is 268 g/mol. The standard InChI is InChI=1S/C12H16N2O5/c1-4-9(3)19-12(16)7-13-6-10(14(17)18)8(2)5-11(13)15/h5-6,9H,4,7H2,1-3H3. The number of nitrogens with zero attached hydrogens (tertiary/aromatic N) is 2. The molecule has 0 amide bonds. The molecule has 1 aromatic heterocycles. The maximum atomic E-state index is 11.6. The second kappa shape index (κ2) is 6.12. The van der Waals surface area contributed by atoms with Gasteiger partial charge in [-0.15, -0.1) is 0 Å². The fourth-order valence-electron chi connectivity index (χ4n) is 1.45. The zero-order valence-corrected chi connectivity index (χ0v) is 11.1. The molecule has 0 saturated carbocycles. The van der Waals surface area contributed by atoms with Crippen molar-refractivity contribution in [1.82, 2.24) is 4.57 Å². The van der Waals surface area contributed by atoms with E-state index in [0.717, 1.165) is 16.8 Å². The number of esters is 1. The molecular weight excluding hydrogens is 252 g/mol. The largest absolute Gasteiger partial charge is 0.461 e. The molecule has 0 aliphatic rings. The summed E-state index contributed by atoms with van der Waals surface area (Å²) in [5.41, 5.74) is -0.401. The molecular formula is C12H16N2O5. The van der Waals surface area contributed by atoms with Gasteiger partial charge >= 0.3 is 5.97 Å².